The van der Waals surface area contributed by atoms with Crippen LogP contribution in [0.25, 0.3) is 6.20 Å². The second-order valence-corrected chi connectivity index (χ2v) is 2.71. The lowest BCUT2D eigenvalue weighted by molar-refractivity contribution is 0.234. The molecule has 0 aliphatic carbocycles. The topological polar surface area (TPSA) is 27.1 Å². The molecule has 0 atom stereocenters. The molecule has 1 aromatic heterocycles. The summed E-state index contributed by atoms with van der Waals surface area (Å²) in [5.74, 6) is 0. The van der Waals surface area contributed by atoms with E-state index in [4.69, 9.17) is 4.74 Å². The van der Waals surface area contributed by atoms with Gasteiger partial charge in [-0.1, -0.05) is 0 Å². The van der Waals surface area contributed by atoms with E-state index in [1.807, 2.05) is 36.9 Å². The van der Waals surface area contributed by atoms with E-state index in [1.54, 1.807) is 7.11 Å². The number of ether oxygens (including phenoxy) is 1. The molecule has 0 saturated heterocycles. The Bertz CT molecular complexity index is 276. The highest BCUT2D eigenvalue weighted by Gasteiger charge is 1.94. The highest BCUT2D eigenvalue weighted by Crippen LogP contribution is 2.01. The molecule has 0 aromatic carbocycles. The van der Waals surface area contributed by atoms with Gasteiger partial charge in [0.1, 0.15) is 0 Å². The first-order valence-corrected chi connectivity index (χ1v) is 3.92. The van der Waals surface area contributed by atoms with E-state index in [-0.39, 0.29) is 0 Å². The van der Waals surface area contributed by atoms with E-state index in [0.29, 0.717) is 6.61 Å². The number of hydrogen-bond acceptors (Lipinski definition) is 2. The molecule has 0 saturated carbocycles. The first-order valence-electron chi connectivity index (χ1n) is 3.92. The van der Waals surface area contributed by atoms with E-state index in [2.05, 4.69) is 5.10 Å². The van der Waals surface area contributed by atoms with Crippen molar-refractivity contribution < 1.29 is 4.74 Å². The van der Waals surface area contributed by atoms with Crippen LogP contribution >= 0.6 is 0 Å². The summed E-state index contributed by atoms with van der Waals surface area (Å²) < 4.78 is 6.72. The average Bonchev–Trinajstić information content (AvgIpc) is 2.31. The zero-order chi connectivity index (χ0) is 8.97. The fourth-order valence-electron chi connectivity index (χ4n) is 1.04. The van der Waals surface area contributed by atoms with Crippen molar-refractivity contribution >= 4 is 6.20 Å². The Morgan fingerprint density at radius 3 is 2.83 bits per heavy atom. The third kappa shape index (κ3) is 2.20. The van der Waals surface area contributed by atoms with Gasteiger partial charge in [0.25, 0.3) is 0 Å². The van der Waals surface area contributed by atoms with Gasteiger partial charge < -0.3 is 4.74 Å². The molecule has 0 unspecified atom stereocenters. The van der Waals surface area contributed by atoms with E-state index >= 15 is 0 Å². The lowest BCUT2D eigenvalue weighted by Crippen LogP contribution is -1.92. The number of aromatic nitrogens is 2. The third-order valence-electron chi connectivity index (χ3n) is 1.55. The van der Waals surface area contributed by atoms with Crippen molar-refractivity contribution in [2.45, 2.75) is 13.8 Å². The summed E-state index contributed by atoms with van der Waals surface area (Å²) >= 11 is 0. The average molecular weight is 166 g/mol. The van der Waals surface area contributed by atoms with Crippen molar-refractivity contribution in [1.29, 1.82) is 0 Å². The van der Waals surface area contributed by atoms with E-state index < -0.39 is 0 Å². The van der Waals surface area contributed by atoms with Gasteiger partial charge in [0.05, 0.1) is 12.3 Å². The Balaban J connectivity index is 2.68. The van der Waals surface area contributed by atoms with Gasteiger partial charge in [0.15, 0.2) is 0 Å². The second-order valence-electron chi connectivity index (χ2n) is 2.71. The van der Waals surface area contributed by atoms with Gasteiger partial charge in [-0.25, -0.2) is 4.68 Å². The molecule has 0 amide bonds. The van der Waals surface area contributed by atoms with Crippen LogP contribution < -0.4 is 0 Å². The number of hydrogen-bond donors (Lipinski definition) is 0. The molecule has 12 heavy (non-hydrogen) atoms. The summed E-state index contributed by atoms with van der Waals surface area (Å²) in [7, 11) is 1.67. The van der Waals surface area contributed by atoms with Crippen LogP contribution in [0.1, 0.15) is 11.4 Å². The lowest BCUT2D eigenvalue weighted by atomic mass is 10.4. The summed E-state index contributed by atoms with van der Waals surface area (Å²) in [6.45, 7) is 4.63. The van der Waals surface area contributed by atoms with Crippen LogP contribution in [-0.4, -0.2) is 23.5 Å². The summed E-state index contributed by atoms with van der Waals surface area (Å²) in [6.07, 6.45) is 3.84. The van der Waals surface area contributed by atoms with Crippen molar-refractivity contribution in [3.05, 3.63) is 23.5 Å². The first kappa shape index (κ1) is 9.00. The summed E-state index contributed by atoms with van der Waals surface area (Å²) in [4.78, 5) is 0. The Kier molecular flexibility index (Phi) is 3.05. The van der Waals surface area contributed by atoms with Crippen LogP contribution in [0.5, 0.6) is 0 Å². The van der Waals surface area contributed by atoms with E-state index in [9.17, 15) is 0 Å². The SMILES string of the molecule is COCC=Cn1nc(C)cc1C. The Labute approximate surface area is 72.7 Å². The smallest absolute Gasteiger partial charge is 0.0661 e. The van der Waals surface area contributed by atoms with Crippen molar-refractivity contribution in [3.63, 3.8) is 0 Å². The van der Waals surface area contributed by atoms with Crippen LogP contribution in [0.15, 0.2) is 12.1 Å². The highest BCUT2D eigenvalue weighted by atomic mass is 16.5. The molecule has 0 aliphatic heterocycles. The number of methoxy groups -OCH3 is 1. The molecule has 0 spiro atoms. The maximum atomic E-state index is 4.88. The Morgan fingerprint density at radius 2 is 2.33 bits per heavy atom. The van der Waals surface area contributed by atoms with Crippen molar-refractivity contribution in [1.82, 2.24) is 9.78 Å². The zero-order valence-corrected chi connectivity index (χ0v) is 7.74. The number of rotatable bonds is 3. The fraction of sp³-hybridized carbons (Fsp3) is 0.444. The van der Waals surface area contributed by atoms with Crippen molar-refractivity contribution in [2.75, 3.05) is 13.7 Å². The van der Waals surface area contributed by atoms with Gasteiger partial charge in [0.2, 0.25) is 0 Å². The van der Waals surface area contributed by atoms with Gasteiger partial charge in [0, 0.05) is 19.0 Å². The molecule has 0 radical (unpaired) electrons. The van der Waals surface area contributed by atoms with Gasteiger partial charge in [-0.3, -0.25) is 0 Å². The van der Waals surface area contributed by atoms with Crippen LogP contribution in [-0.2, 0) is 4.74 Å². The summed E-state index contributed by atoms with van der Waals surface area (Å²) in [6, 6.07) is 2.04. The number of nitrogens with zero attached hydrogens (tertiary/aromatic N) is 2. The molecule has 0 bridgehead atoms. The van der Waals surface area contributed by atoms with Crippen LogP contribution in [0.3, 0.4) is 0 Å². The van der Waals surface area contributed by atoms with Crippen molar-refractivity contribution in [3.8, 4) is 0 Å². The molecule has 3 heteroatoms. The van der Waals surface area contributed by atoms with Crippen LogP contribution in [0.2, 0.25) is 0 Å². The standard InChI is InChI=1S/C9H14N2O/c1-8-7-9(2)11(10-8)5-4-6-12-3/h4-5,7H,6H2,1-3H3. The molecular formula is C9H14N2O. The highest BCUT2D eigenvalue weighted by molar-refractivity contribution is 5.25. The van der Waals surface area contributed by atoms with E-state index in [0.717, 1.165) is 11.4 Å². The van der Waals surface area contributed by atoms with Gasteiger partial charge in [-0.2, -0.15) is 5.10 Å². The minimum Gasteiger partial charge on any atom is -0.381 e. The van der Waals surface area contributed by atoms with Crippen LogP contribution in [0, 0.1) is 13.8 Å². The molecule has 66 valence electrons. The minimum atomic E-state index is 0.623. The molecule has 0 aliphatic rings. The third-order valence-corrected chi connectivity index (χ3v) is 1.55. The fourth-order valence-corrected chi connectivity index (χ4v) is 1.04. The van der Waals surface area contributed by atoms with Crippen molar-refractivity contribution in [2.24, 2.45) is 0 Å². The normalized spacial score (nSPS) is 11.2. The Hall–Kier alpha value is -1.09. The quantitative estimate of drug-likeness (QED) is 0.682. The van der Waals surface area contributed by atoms with Gasteiger partial charge in [-0.05, 0) is 26.0 Å². The zero-order valence-electron chi connectivity index (χ0n) is 7.74. The maximum absolute atomic E-state index is 4.88. The maximum Gasteiger partial charge on any atom is 0.0661 e. The molecule has 0 N–H and O–H groups in total. The summed E-state index contributed by atoms with van der Waals surface area (Å²) in [5, 5.41) is 4.26. The molecule has 1 heterocycles. The number of aryl methyl sites for hydroxylation is 2. The predicted octanol–water partition coefficient (Wildman–Crippen LogP) is 1.62. The largest absolute Gasteiger partial charge is 0.381 e. The predicted molar refractivity (Wildman–Crippen MR) is 48.9 cm³/mol. The van der Waals surface area contributed by atoms with E-state index in [1.165, 1.54) is 0 Å². The summed E-state index contributed by atoms with van der Waals surface area (Å²) in [5.41, 5.74) is 2.18. The Morgan fingerprint density at radius 1 is 1.58 bits per heavy atom. The molecule has 0 fully saturated rings. The lowest BCUT2D eigenvalue weighted by Gasteiger charge is -1.94. The first-order chi connectivity index (χ1) is 5.74. The van der Waals surface area contributed by atoms with Gasteiger partial charge >= 0.3 is 0 Å². The molecule has 1 aromatic rings. The minimum absolute atomic E-state index is 0.623. The van der Waals surface area contributed by atoms with Gasteiger partial charge in [-0.15, -0.1) is 0 Å². The molecule has 1 rings (SSSR count). The second kappa shape index (κ2) is 4.07. The molecule has 3 nitrogen and oxygen atoms in total. The monoisotopic (exact) mass is 166 g/mol. The molecular weight excluding hydrogens is 152 g/mol. The van der Waals surface area contributed by atoms with Crippen LogP contribution in [0.4, 0.5) is 0 Å².